The van der Waals surface area contributed by atoms with Gasteiger partial charge in [0.05, 0.1) is 6.42 Å². The second-order valence-electron chi connectivity index (χ2n) is 5.72. The van der Waals surface area contributed by atoms with Crippen molar-refractivity contribution in [1.29, 1.82) is 0 Å². The second kappa shape index (κ2) is 7.21. The fourth-order valence-electron chi connectivity index (χ4n) is 2.77. The number of carbonyl (C=O) groups is 2. The molecule has 24 heavy (non-hydrogen) atoms. The lowest BCUT2D eigenvalue weighted by molar-refractivity contribution is -0.131. The normalized spacial score (nSPS) is 14.5. The van der Waals surface area contributed by atoms with Crippen molar-refractivity contribution in [3.63, 3.8) is 0 Å². The number of halogens is 1. The van der Waals surface area contributed by atoms with Crippen LogP contribution in [0.15, 0.2) is 48.8 Å². The van der Waals surface area contributed by atoms with E-state index in [1.165, 1.54) is 12.1 Å². The maximum Gasteiger partial charge on any atom is 0.254 e. The molecule has 0 radical (unpaired) electrons. The van der Waals surface area contributed by atoms with Gasteiger partial charge in [0, 0.05) is 44.1 Å². The van der Waals surface area contributed by atoms with E-state index in [9.17, 15) is 14.0 Å². The van der Waals surface area contributed by atoms with E-state index in [4.69, 9.17) is 0 Å². The van der Waals surface area contributed by atoms with Crippen LogP contribution in [0.5, 0.6) is 0 Å². The molecule has 2 amide bonds. The largest absolute Gasteiger partial charge is 0.339 e. The zero-order chi connectivity index (χ0) is 16.9. The molecule has 0 saturated carbocycles. The van der Waals surface area contributed by atoms with Gasteiger partial charge in [0.15, 0.2) is 0 Å². The lowest BCUT2D eigenvalue weighted by Gasteiger charge is -2.35. The molecule has 1 saturated heterocycles. The van der Waals surface area contributed by atoms with Gasteiger partial charge >= 0.3 is 0 Å². The van der Waals surface area contributed by atoms with Crippen molar-refractivity contribution in [3.8, 4) is 0 Å². The van der Waals surface area contributed by atoms with E-state index in [1.54, 1.807) is 46.5 Å². The van der Waals surface area contributed by atoms with Gasteiger partial charge in [-0.1, -0.05) is 12.1 Å². The Morgan fingerprint density at radius 2 is 1.67 bits per heavy atom. The highest BCUT2D eigenvalue weighted by Gasteiger charge is 2.24. The molecule has 2 aromatic rings. The van der Waals surface area contributed by atoms with Crippen LogP contribution in [0.3, 0.4) is 0 Å². The Morgan fingerprint density at radius 3 is 2.33 bits per heavy atom. The molecule has 1 aromatic carbocycles. The number of amides is 2. The van der Waals surface area contributed by atoms with E-state index in [0.29, 0.717) is 37.3 Å². The van der Waals surface area contributed by atoms with Crippen LogP contribution in [0.1, 0.15) is 15.9 Å². The quantitative estimate of drug-likeness (QED) is 0.863. The molecule has 1 fully saturated rings. The average Bonchev–Trinajstić information content (AvgIpc) is 2.62. The van der Waals surface area contributed by atoms with Crippen molar-refractivity contribution in [2.75, 3.05) is 26.2 Å². The van der Waals surface area contributed by atoms with Crippen LogP contribution >= 0.6 is 0 Å². The number of benzene rings is 1. The molecule has 0 unspecified atom stereocenters. The molecule has 2 heterocycles. The van der Waals surface area contributed by atoms with E-state index in [1.807, 2.05) is 0 Å². The van der Waals surface area contributed by atoms with E-state index in [2.05, 4.69) is 4.98 Å². The van der Waals surface area contributed by atoms with Crippen molar-refractivity contribution in [3.05, 3.63) is 65.7 Å². The van der Waals surface area contributed by atoms with Crippen molar-refractivity contribution in [1.82, 2.24) is 14.8 Å². The Labute approximate surface area is 139 Å². The lowest BCUT2D eigenvalue weighted by atomic mass is 10.1. The summed E-state index contributed by atoms with van der Waals surface area (Å²) in [5, 5.41) is 0. The number of carbonyl (C=O) groups excluding carboxylic acids is 2. The minimum atomic E-state index is -0.340. The Balaban J connectivity index is 1.55. The Kier molecular flexibility index (Phi) is 4.84. The van der Waals surface area contributed by atoms with E-state index in [-0.39, 0.29) is 24.1 Å². The summed E-state index contributed by atoms with van der Waals surface area (Å²) in [6.45, 7) is 1.97. The SMILES string of the molecule is O=C(Cc1cccc(F)c1)N1CCN(C(=O)c2ccncc2)CC1. The fourth-order valence-corrected chi connectivity index (χ4v) is 2.77. The summed E-state index contributed by atoms with van der Waals surface area (Å²) < 4.78 is 13.2. The van der Waals surface area contributed by atoms with E-state index < -0.39 is 0 Å². The first kappa shape index (κ1) is 16.1. The molecule has 124 valence electrons. The predicted octanol–water partition coefficient (Wildman–Crippen LogP) is 1.75. The third kappa shape index (κ3) is 3.76. The zero-order valence-electron chi connectivity index (χ0n) is 13.2. The smallest absolute Gasteiger partial charge is 0.254 e. The number of rotatable bonds is 3. The first-order chi connectivity index (χ1) is 11.6. The van der Waals surface area contributed by atoms with Gasteiger partial charge in [-0.15, -0.1) is 0 Å². The van der Waals surface area contributed by atoms with Crippen LogP contribution in [0.2, 0.25) is 0 Å². The first-order valence-corrected chi connectivity index (χ1v) is 7.85. The maximum atomic E-state index is 13.2. The summed E-state index contributed by atoms with van der Waals surface area (Å²) in [6.07, 6.45) is 3.36. The third-order valence-corrected chi connectivity index (χ3v) is 4.09. The van der Waals surface area contributed by atoms with Crippen molar-refractivity contribution < 1.29 is 14.0 Å². The molecule has 1 aliphatic heterocycles. The van der Waals surface area contributed by atoms with Crippen molar-refractivity contribution in [2.24, 2.45) is 0 Å². The molecule has 0 spiro atoms. The number of hydrogen-bond donors (Lipinski definition) is 0. The molecule has 0 N–H and O–H groups in total. The molecule has 0 bridgehead atoms. The van der Waals surface area contributed by atoms with Gasteiger partial charge < -0.3 is 9.80 Å². The Hall–Kier alpha value is -2.76. The molecular weight excluding hydrogens is 309 g/mol. The van der Waals surface area contributed by atoms with Crippen LogP contribution in [-0.2, 0) is 11.2 Å². The molecule has 6 heteroatoms. The molecule has 1 aromatic heterocycles. The highest BCUT2D eigenvalue weighted by atomic mass is 19.1. The molecule has 5 nitrogen and oxygen atoms in total. The highest BCUT2D eigenvalue weighted by molar-refractivity contribution is 5.94. The van der Waals surface area contributed by atoms with Gasteiger partial charge in [-0.05, 0) is 29.8 Å². The van der Waals surface area contributed by atoms with Gasteiger partial charge in [0.1, 0.15) is 5.82 Å². The number of hydrogen-bond acceptors (Lipinski definition) is 3. The van der Waals surface area contributed by atoms with Crippen LogP contribution in [0.25, 0.3) is 0 Å². The van der Waals surface area contributed by atoms with Gasteiger partial charge in [0.2, 0.25) is 5.91 Å². The van der Waals surface area contributed by atoms with Gasteiger partial charge in [0.25, 0.3) is 5.91 Å². The van der Waals surface area contributed by atoms with E-state index >= 15 is 0 Å². The predicted molar refractivity (Wildman–Crippen MR) is 86.8 cm³/mol. The molecule has 3 rings (SSSR count). The Bertz CT molecular complexity index is 728. The molecule has 1 aliphatic rings. The van der Waals surface area contributed by atoms with Crippen LogP contribution < -0.4 is 0 Å². The number of aromatic nitrogens is 1. The number of nitrogens with zero attached hydrogens (tertiary/aromatic N) is 3. The maximum absolute atomic E-state index is 13.2. The van der Waals surface area contributed by atoms with Crippen molar-refractivity contribution in [2.45, 2.75) is 6.42 Å². The topological polar surface area (TPSA) is 53.5 Å². The highest BCUT2D eigenvalue weighted by Crippen LogP contribution is 2.11. The number of piperazine rings is 1. The minimum Gasteiger partial charge on any atom is -0.339 e. The Morgan fingerprint density at radius 1 is 1.00 bits per heavy atom. The molecule has 0 atom stereocenters. The minimum absolute atomic E-state index is 0.0448. The lowest BCUT2D eigenvalue weighted by Crippen LogP contribution is -2.51. The average molecular weight is 327 g/mol. The fraction of sp³-hybridized carbons (Fsp3) is 0.278. The molecular formula is C18H18FN3O2. The summed E-state index contributed by atoms with van der Waals surface area (Å²) in [5.41, 5.74) is 1.26. The van der Waals surface area contributed by atoms with Crippen LogP contribution in [-0.4, -0.2) is 52.8 Å². The zero-order valence-corrected chi connectivity index (χ0v) is 13.2. The van der Waals surface area contributed by atoms with Gasteiger partial charge in [-0.2, -0.15) is 0 Å². The summed E-state index contributed by atoms with van der Waals surface area (Å²) in [4.78, 5) is 32.0. The van der Waals surface area contributed by atoms with Crippen LogP contribution in [0.4, 0.5) is 4.39 Å². The third-order valence-electron chi connectivity index (χ3n) is 4.09. The molecule has 0 aliphatic carbocycles. The summed E-state index contributed by atoms with van der Waals surface area (Å²) in [6, 6.07) is 9.44. The van der Waals surface area contributed by atoms with Gasteiger partial charge in [-0.3, -0.25) is 14.6 Å². The first-order valence-electron chi connectivity index (χ1n) is 7.85. The summed E-state index contributed by atoms with van der Waals surface area (Å²) in [7, 11) is 0. The second-order valence-corrected chi connectivity index (χ2v) is 5.72. The summed E-state index contributed by atoms with van der Waals surface area (Å²) in [5.74, 6) is -0.431. The monoisotopic (exact) mass is 327 g/mol. The van der Waals surface area contributed by atoms with E-state index in [0.717, 1.165) is 0 Å². The number of pyridine rings is 1. The van der Waals surface area contributed by atoms with Gasteiger partial charge in [-0.25, -0.2) is 4.39 Å². The van der Waals surface area contributed by atoms with Crippen LogP contribution in [0, 0.1) is 5.82 Å². The summed E-state index contributed by atoms with van der Waals surface area (Å²) >= 11 is 0. The standard InChI is InChI=1S/C18H18FN3O2/c19-16-3-1-2-14(12-16)13-17(23)21-8-10-22(11-9-21)18(24)15-4-6-20-7-5-15/h1-7,12H,8-11,13H2. The van der Waals surface area contributed by atoms with Crippen molar-refractivity contribution >= 4 is 11.8 Å².